The van der Waals surface area contributed by atoms with Crippen LogP contribution in [0, 0.1) is 6.92 Å². The topological polar surface area (TPSA) is 41.1 Å². The van der Waals surface area contributed by atoms with Crippen molar-refractivity contribution < 1.29 is 4.79 Å². The van der Waals surface area contributed by atoms with Gasteiger partial charge >= 0.3 is 0 Å². The molecule has 3 rings (SSSR count). The third-order valence-corrected chi connectivity index (χ3v) is 5.12. The van der Waals surface area contributed by atoms with Crippen LogP contribution in [0.1, 0.15) is 11.1 Å². The number of hydrogen-bond acceptors (Lipinski definition) is 3. The highest BCUT2D eigenvalue weighted by Crippen LogP contribution is 2.31. The monoisotopic (exact) mass is 408 g/mol. The van der Waals surface area contributed by atoms with E-state index in [-0.39, 0.29) is 11.4 Å². The van der Waals surface area contributed by atoms with Gasteiger partial charge in [0.15, 0.2) is 5.50 Å². The van der Waals surface area contributed by atoms with Crippen molar-refractivity contribution in [3.63, 3.8) is 0 Å². The Morgan fingerprint density at radius 1 is 1.30 bits per heavy atom. The van der Waals surface area contributed by atoms with Crippen molar-refractivity contribution in [2.75, 3.05) is 5.32 Å². The molecule has 0 spiro atoms. The fourth-order valence-corrected chi connectivity index (χ4v) is 3.77. The third kappa shape index (κ3) is 4.10. The quantitative estimate of drug-likeness (QED) is 0.700. The van der Waals surface area contributed by atoms with Crippen LogP contribution in [0.4, 0.5) is 5.69 Å². The van der Waals surface area contributed by atoms with Gasteiger partial charge in [0.1, 0.15) is 0 Å². The zero-order valence-corrected chi connectivity index (χ0v) is 15.4. The minimum atomic E-state index is -0.210. The Morgan fingerprint density at radius 2 is 2.13 bits per heavy atom. The molecule has 118 valence electrons. The van der Waals surface area contributed by atoms with Crippen LogP contribution in [-0.2, 0) is 4.79 Å². The highest BCUT2D eigenvalue weighted by atomic mass is 79.9. The van der Waals surface area contributed by atoms with Crippen molar-refractivity contribution in [3.8, 4) is 0 Å². The Balaban J connectivity index is 1.76. The minimum Gasteiger partial charge on any atom is -0.356 e. The number of aryl methyl sites for hydroxylation is 1. The van der Waals surface area contributed by atoms with E-state index in [0.717, 1.165) is 21.3 Å². The molecule has 1 fully saturated rings. The van der Waals surface area contributed by atoms with Gasteiger partial charge in [0.05, 0.1) is 4.91 Å². The number of carbonyl (C=O) groups is 1. The Morgan fingerprint density at radius 3 is 2.91 bits per heavy atom. The molecule has 0 aliphatic carbocycles. The molecule has 1 unspecified atom stereocenters. The van der Waals surface area contributed by atoms with E-state index in [4.69, 9.17) is 11.6 Å². The van der Waals surface area contributed by atoms with Crippen molar-refractivity contribution in [3.05, 3.63) is 68.0 Å². The number of hydrogen-bond donors (Lipinski definition) is 2. The summed E-state index contributed by atoms with van der Waals surface area (Å²) in [6.07, 6.45) is 1.89. The summed E-state index contributed by atoms with van der Waals surface area (Å²) in [5.41, 5.74) is 2.77. The van der Waals surface area contributed by atoms with Crippen molar-refractivity contribution in [1.29, 1.82) is 0 Å². The van der Waals surface area contributed by atoms with Gasteiger partial charge in [0.2, 0.25) is 0 Å². The maximum atomic E-state index is 12.1. The highest BCUT2D eigenvalue weighted by Gasteiger charge is 2.27. The molecule has 1 amide bonds. The van der Waals surface area contributed by atoms with Crippen LogP contribution in [0.25, 0.3) is 6.08 Å². The van der Waals surface area contributed by atoms with Crippen LogP contribution in [0.15, 0.2) is 51.8 Å². The highest BCUT2D eigenvalue weighted by molar-refractivity contribution is 9.10. The number of thioether (sulfide) groups is 1. The Kier molecular flexibility index (Phi) is 4.99. The fourth-order valence-electron chi connectivity index (χ4n) is 2.20. The largest absolute Gasteiger partial charge is 0.356 e. The summed E-state index contributed by atoms with van der Waals surface area (Å²) in [4.78, 5) is 12.8. The van der Waals surface area contributed by atoms with Crippen LogP contribution in [-0.4, -0.2) is 11.4 Å². The molecule has 0 saturated carbocycles. The van der Waals surface area contributed by atoms with E-state index in [1.807, 2.05) is 55.5 Å². The molecule has 0 radical (unpaired) electrons. The molecule has 6 heteroatoms. The average Bonchev–Trinajstić information content (AvgIpc) is 2.83. The average molecular weight is 410 g/mol. The Labute approximate surface area is 152 Å². The van der Waals surface area contributed by atoms with Crippen LogP contribution in [0.3, 0.4) is 0 Å². The van der Waals surface area contributed by atoms with Gasteiger partial charge in [-0.2, -0.15) is 0 Å². The van der Waals surface area contributed by atoms with Gasteiger partial charge in [0, 0.05) is 15.2 Å². The molecule has 1 aliphatic heterocycles. The van der Waals surface area contributed by atoms with Crippen LogP contribution in [0.2, 0.25) is 5.02 Å². The molecule has 2 aromatic rings. The zero-order valence-electron chi connectivity index (χ0n) is 12.3. The van der Waals surface area contributed by atoms with Crippen molar-refractivity contribution in [1.82, 2.24) is 5.32 Å². The first kappa shape index (κ1) is 16.4. The third-order valence-electron chi connectivity index (χ3n) is 3.36. The lowest BCUT2D eigenvalue weighted by atomic mass is 10.2. The van der Waals surface area contributed by atoms with Gasteiger partial charge < -0.3 is 10.6 Å². The Hall–Kier alpha value is -1.43. The number of benzene rings is 2. The lowest BCUT2D eigenvalue weighted by Gasteiger charge is -2.15. The number of rotatable bonds is 3. The number of anilines is 1. The molecule has 3 nitrogen and oxygen atoms in total. The van der Waals surface area contributed by atoms with E-state index in [1.54, 1.807) is 0 Å². The molecule has 0 bridgehead atoms. The second-order valence-electron chi connectivity index (χ2n) is 5.14. The minimum absolute atomic E-state index is 0.0767. The van der Waals surface area contributed by atoms with Gasteiger partial charge in [0.25, 0.3) is 5.91 Å². The van der Waals surface area contributed by atoms with E-state index >= 15 is 0 Å². The molecule has 23 heavy (non-hydrogen) atoms. The number of nitrogens with one attached hydrogen (secondary N) is 2. The Bertz CT molecular complexity index is 794. The van der Waals surface area contributed by atoms with Crippen LogP contribution >= 0.6 is 39.3 Å². The molecule has 0 aromatic heterocycles. The van der Waals surface area contributed by atoms with E-state index < -0.39 is 0 Å². The predicted octanol–water partition coefficient (Wildman–Crippen LogP) is 5.01. The maximum Gasteiger partial charge on any atom is 0.260 e. The molecule has 2 N–H and O–H groups in total. The van der Waals surface area contributed by atoms with Gasteiger partial charge in [-0.25, -0.2) is 0 Å². The van der Waals surface area contributed by atoms with Crippen molar-refractivity contribution >= 4 is 57.0 Å². The standard InChI is InChI=1S/C17H14BrClN2OS/c1-10-5-6-13(19)9-14(10)20-17-21-16(22)15(23-17)8-11-3-2-4-12(18)7-11/h2-9,17,20H,1H3,(H,21,22)/b15-8-. The van der Waals surface area contributed by atoms with E-state index in [2.05, 4.69) is 26.6 Å². The van der Waals surface area contributed by atoms with Crippen molar-refractivity contribution in [2.24, 2.45) is 0 Å². The first-order valence-corrected chi connectivity index (χ1v) is 9.04. The lowest BCUT2D eigenvalue weighted by Crippen LogP contribution is -2.31. The molecule has 2 aromatic carbocycles. The zero-order chi connectivity index (χ0) is 16.4. The van der Waals surface area contributed by atoms with Gasteiger partial charge in [-0.1, -0.05) is 57.5 Å². The van der Waals surface area contributed by atoms with E-state index in [9.17, 15) is 4.79 Å². The fraction of sp³-hybridized carbons (Fsp3) is 0.118. The second-order valence-corrected chi connectivity index (χ2v) is 7.64. The smallest absolute Gasteiger partial charge is 0.260 e. The molecule has 1 aliphatic rings. The first-order valence-electron chi connectivity index (χ1n) is 6.99. The van der Waals surface area contributed by atoms with E-state index in [1.165, 1.54) is 11.8 Å². The maximum absolute atomic E-state index is 12.1. The van der Waals surface area contributed by atoms with Crippen molar-refractivity contribution in [2.45, 2.75) is 12.4 Å². The molecular formula is C17H14BrClN2OS. The van der Waals surface area contributed by atoms with E-state index in [0.29, 0.717) is 9.93 Å². The second kappa shape index (κ2) is 6.99. The molecule has 1 heterocycles. The number of halogens is 2. The predicted molar refractivity (Wildman–Crippen MR) is 101 cm³/mol. The van der Waals surface area contributed by atoms with Crippen LogP contribution in [0.5, 0.6) is 0 Å². The van der Waals surface area contributed by atoms with Crippen LogP contribution < -0.4 is 10.6 Å². The number of amides is 1. The normalized spacial score (nSPS) is 19.0. The summed E-state index contributed by atoms with van der Waals surface area (Å²) < 4.78 is 0.986. The first-order chi connectivity index (χ1) is 11.0. The summed E-state index contributed by atoms with van der Waals surface area (Å²) in [7, 11) is 0. The summed E-state index contributed by atoms with van der Waals surface area (Å²) in [5.74, 6) is -0.0767. The summed E-state index contributed by atoms with van der Waals surface area (Å²) >= 11 is 10.9. The van der Waals surface area contributed by atoms with Gasteiger partial charge in [-0.15, -0.1) is 0 Å². The van der Waals surface area contributed by atoms with Gasteiger partial charge in [-0.3, -0.25) is 4.79 Å². The lowest BCUT2D eigenvalue weighted by molar-refractivity contribution is -0.116. The number of carbonyl (C=O) groups excluding carboxylic acids is 1. The SMILES string of the molecule is Cc1ccc(Cl)cc1NC1NC(=O)/C(=C/c2cccc(Br)c2)S1. The summed E-state index contributed by atoms with van der Waals surface area (Å²) in [6.45, 7) is 2.00. The molecule has 1 atom stereocenters. The van der Waals surface area contributed by atoms with Gasteiger partial charge in [-0.05, 0) is 48.4 Å². The summed E-state index contributed by atoms with van der Waals surface area (Å²) in [6, 6.07) is 13.5. The molecular weight excluding hydrogens is 396 g/mol. The molecule has 1 saturated heterocycles. The summed E-state index contributed by atoms with van der Waals surface area (Å²) in [5, 5.41) is 6.89.